The van der Waals surface area contributed by atoms with Gasteiger partial charge in [0.1, 0.15) is 0 Å². The molecule has 0 fully saturated rings. The smallest absolute Gasteiger partial charge is 0.303 e. The van der Waals surface area contributed by atoms with Crippen molar-refractivity contribution >= 4 is 38.6 Å². The molecule has 0 radical (unpaired) electrons. The van der Waals surface area contributed by atoms with Crippen molar-refractivity contribution in [2.24, 2.45) is 0 Å². The first-order valence-corrected chi connectivity index (χ1v) is 6.33. The SMILES string of the molecule is O=C(O)CCC(=O)Cn1ccc2ccc(Br)cc21. The molecule has 0 atom stereocenters. The second-order valence-corrected chi connectivity index (χ2v) is 4.99. The molecule has 0 unspecified atom stereocenters. The van der Waals surface area contributed by atoms with Crippen LogP contribution in [0.3, 0.4) is 0 Å². The van der Waals surface area contributed by atoms with Gasteiger partial charge in [0.05, 0.1) is 13.0 Å². The van der Waals surface area contributed by atoms with E-state index in [0.717, 1.165) is 15.4 Å². The van der Waals surface area contributed by atoms with E-state index >= 15 is 0 Å². The van der Waals surface area contributed by atoms with Gasteiger partial charge >= 0.3 is 5.97 Å². The van der Waals surface area contributed by atoms with Gasteiger partial charge in [-0.05, 0) is 23.6 Å². The summed E-state index contributed by atoms with van der Waals surface area (Å²) in [5.41, 5.74) is 0.966. The van der Waals surface area contributed by atoms with Crippen molar-refractivity contribution in [1.82, 2.24) is 4.57 Å². The maximum Gasteiger partial charge on any atom is 0.303 e. The van der Waals surface area contributed by atoms with Crippen LogP contribution in [0.5, 0.6) is 0 Å². The number of hydrogen-bond acceptors (Lipinski definition) is 2. The van der Waals surface area contributed by atoms with Crippen LogP contribution in [0.25, 0.3) is 10.9 Å². The van der Waals surface area contributed by atoms with Crippen molar-refractivity contribution in [2.75, 3.05) is 0 Å². The van der Waals surface area contributed by atoms with Crippen LogP contribution >= 0.6 is 15.9 Å². The molecule has 4 nitrogen and oxygen atoms in total. The minimum atomic E-state index is -0.941. The Kier molecular flexibility index (Phi) is 3.81. The summed E-state index contributed by atoms with van der Waals surface area (Å²) in [6.07, 6.45) is 1.81. The minimum Gasteiger partial charge on any atom is -0.481 e. The molecule has 0 aliphatic heterocycles. The Morgan fingerprint density at radius 2 is 2.00 bits per heavy atom. The topological polar surface area (TPSA) is 59.3 Å². The summed E-state index contributed by atoms with van der Waals surface area (Å²) in [7, 11) is 0. The molecule has 1 aromatic heterocycles. The number of benzene rings is 1. The molecule has 0 aliphatic carbocycles. The van der Waals surface area contributed by atoms with E-state index in [-0.39, 0.29) is 25.2 Å². The van der Waals surface area contributed by atoms with E-state index in [9.17, 15) is 9.59 Å². The molecular weight excluding hydrogens is 298 g/mol. The number of halogens is 1. The Balaban J connectivity index is 2.14. The Hall–Kier alpha value is -1.62. The fraction of sp³-hybridized carbons (Fsp3) is 0.231. The fourth-order valence-electron chi connectivity index (χ4n) is 1.81. The third kappa shape index (κ3) is 2.98. The second kappa shape index (κ2) is 5.35. The minimum absolute atomic E-state index is 0.0724. The van der Waals surface area contributed by atoms with Crippen LogP contribution in [0.15, 0.2) is 34.9 Å². The second-order valence-electron chi connectivity index (χ2n) is 4.08. The summed E-state index contributed by atoms with van der Waals surface area (Å²) in [6.45, 7) is 0.216. The highest BCUT2D eigenvalue weighted by Crippen LogP contribution is 2.21. The maximum absolute atomic E-state index is 11.6. The third-order valence-electron chi connectivity index (χ3n) is 2.70. The molecule has 5 heteroatoms. The number of ketones is 1. The number of fused-ring (bicyclic) bond motifs is 1. The molecule has 18 heavy (non-hydrogen) atoms. The van der Waals surface area contributed by atoms with Gasteiger partial charge in [-0.3, -0.25) is 9.59 Å². The number of carboxylic acid groups (broad SMARTS) is 1. The van der Waals surface area contributed by atoms with E-state index in [1.54, 1.807) is 0 Å². The maximum atomic E-state index is 11.6. The zero-order valence-corrected chi connectivity index (χ0v) is 11.2. The molecule has 0 bridgehead atoms. The number of carbonyl (C=O) groups excluding carboxylic acids is 1. The lowest BCUT2D eigenvalue weighted by molar-refractivity contribution is -0.138. The Morgan fingerprint density at radius 1 is 1.22 bits per heavy atom. The van der Waals surface area contributed by atoms with Gasteiger partial charge in [-0.25, -0.2) is 0 Å². The summed E-state index contributed by atoms with van der Waals surface area (Å²) in [5.74, 6) is -1.02. The fourth-order valence-corrected chi connectivity index (χ4v) is 2.16. The van der Waals surface area contributed by atoms with Crippen molar-refractivity contribution in [1.29, 1.82) is 0 Å². The zero-order chi connectivity index (χ0) is 13.1. The monoisotopic (exact) mass is 309 g/mol. The Labute approximate surface area is 112 Å². The highest BCUT2D eigenvalue weighted by molar-refractivity contribution is 9.10. The summed E-state index contributed by atoms with van der Waals surface area (Å²) in [6, 6.07) is 7.79. The highest BCUT2D eigenvalue weighted by Gasteiger charge is 2.08. The Bertz CT molecular complexity index is 603. The molecule has 0 aliphatic rings. The average molecular weight is 310 g/mol. The summed E-state index contributed by atoms with van der Waals surface area (Å²) < 4.78 is 2.79. The van der Waals surface area contributed by atoms with Crippen LogP contribution < -0.4 is 0 Å². The van der Waals surface area contributed by atoms with E-state index in [1.807, 2.05) is 35.0 Å². The van der Waals surface area contributed by atoms with Crippen LogP contribution in [-0.2, 0) is 16.1 Å². The van der Waals surface area contributed by atoms with Gasteiger partial charge in [-0.1, -0.05) is 22.0 Å². The quantitative estimate of drug-likeness (QED) is 0.924. The van der Waals surface area contributed by atoms with Crippen LogP contribution in [0.1, 0.15) is 12.8 Å². The average Bonchev–Trinajstić information content (AvgIpc) is 2.69. The van der Waals surface area contributed by atoms with Crippen molar-refractivity contribution in [3.63, 3.8) is 0 Å². The van der Waals surface area contributed by atoms with Gasteiger partial charge in [-0.2, -0.15) is 0 Å². The summed E-state index contributed by atoms with van der Waals surface area (Å²) >= 11 is 3.39. The largest absolute Gasteiger partial charge is 0.481 e. The van der Waals surface area contributed by atoms with E-state index < -0.39 is 5.97 Å². The molecule has 0 saturated heterocycles. The molecule has 1 heterocycles. The molecule has 0 amide bonds. The van der Waals surface area contributed by atoms with Crippen LogP contribution in [-0.4, -0.2) is 21.4 Å². The Morgan fingerprint density at radius 3 is 2.72 bits per heavy atom. The first-order valence-electron chi connectivity index (χ1n) is 5.54. The van der Waals surface area contributed by atoms with Gasteiger partial charge < -0.3 is 9.67 Å². The predicted octanol–water partition coefficient (Wildman–Crippen LogP) is 2.84. The van der Waals surface area contributed by atoms with Gasteiger partial charge in [0.2, 0.25) is 0 Å². The number of carboxylic acids is 1. The lowest BCUT2D eigenvalue weighted by Crippen LogP contribution is -2.10. The van der Waals surface area contributed by atoms with E-state index in [2.05, 4.69) is 15.9 Å². The number of nitrogens with zero attached hydrogens (tertiary/aromatic N) is 1. The van der Waals surface area contributed by atoms with Crippen molar-refractivity contribution in [2.45, 2.75) is 19.4 Å². The number of aliphatic carboxylic acids is 1. The number of carbonyl (C=O) groups is 2. The lowest BCUT2D eigenvalue weighted by atomic mass is 10.2. The molecule has 0 spiro atoms. The highest BCUT2D eigenvalue weighted by atomic mass is 79.9. The zero-order valence-electron chi connectivity index (χ0n) is 9.60. The van der Waals surface area contributed by atoms with Crippen LogP contribution in [0, 0.1) is 0 Å². The molecule has 1 aromatic carbocycles. The van der Waals surface area contributed by atoms with Gasteiger partial charge in [0.15, 0.2) is 5.78 Å². The van der Waals surface area contributed by atoms with E-state index in [0.29, 0.717) is 0 Å². The first-order chi connectivity index (χ1) is 8.56. The molecule has 1 N–H and O–H groups in total. The van der Waals surface area contributed by atoms with Gasteiger partial charge in [0, 0.05) is 22.6 Å². The van der Waals surface area contributed by atoms with Crippen molar-refractivity contribution < 1.29 is 14.7 Å². The summed E-state index contributed by atoms with van der Waals surface area (Å²) in [5, 5.41) is 9.59. The molecule has 94 valence electrons. The van der Waals surface area contributed by atoms with Gasteiger partial charge in [0.25, 0.3) is 0 Å². The normalized spacial score (nSPS) is 10.7. The van der Waals surface area contributed by atoms with E-state index in [1.165, 1.54) is 0 Å². The van der Waals surface area contributed by atoms with E-state index in [4.69, 9.17) is 5.11 Å². The first kappa shape index (κ1) is 12.8. The van der Waals surface area contributed by atoms with Gasteiger partial charge in [-0.15, -0.1) is 0 Å². The standard InChI is InChI=1S/C13H12BrNO3/c14-10-2-1-9-5-6-15(12(9)7-10)8-11(16)3-4-13(17)18/h1-2,5-7H,3-4,8H2,(H,17,18). The number of aromatic nitrogens is 1. The van der Waals surface area contributed by atoms with Crippen molar-refractivity contribution in [3.8, 4) is 0 Å². The molecular formula is C13H12BrNO3. The molecule has 2 aromatic rings. The number of Topliss-reactive ketones (excluding diaryl/α,β-unsaturated/α-hetero) is 1. The van der Waals surface area contributed by atoms with Crippen LogP contribution in [0.2, 0.25) is 0 Å². The van der Waals surface area contributed by atoms with Crippen molar-refractivity contribution in [3.05, 3.63) is 34.9 Å². The van der Waals surface area contributed by atoms with Crippen LogP contribution in [0.4, 0.5) is 0 Å². The molecule has 0 saturated carbocycles. The summed E-state index contributed by atoms with van der Waals surface area (Å²) in [4.78, 5) is 22.0. The predicted molar refractivity (Wildman–Crippen MR) is 71.5 cm³/mol. The number of rotatable bonds is 5. The number of hydrogen-bond donors (Lipinski definition) is 1. The third-order valence-corrected chi connectivity index (χ3v) is 3.19. The molecule has 2 rings (SSSR count). The lowest BCUT2D eigenvalue weighted by Gasteiger charge is -2.04.